The lowest BCUT2D eigenvalue weighted by molar-refractivity contribution is 0.0775. The number of halogens is 2. The molecule has 3 rings (SSSR count). The number of amides is 2. The van der Waals surface area contributed by atoms with Crippen LogP contribution in [0.5, 0.6) is 0 Å². The van der Waals surface area contributed by atoms with Crippen molar-refractivity contribution in [1.29, 1.82) is 0 Å². The normalized spacial score (nSPS) is 10.7. The zero-order chi connectivity index (χ0) is 19.6. The molecular formula is C19H16Br2N2O4. The number of anilines is 1. The van der Waals surface area contributed by atoms with Gasteiger partial charge in [-0.25, -0.2) is 0 Å². The fourth-order valence-electron chi connectivity index (χ4n) is 2.60. The van der Waals surface area contributed by atoms with Gasteiger partial charge in [0.2, 0.25) is 0 Å². The molecule has 2 aromatic heterocycles. The minimum atomic E-state index is -0.349. The van der Waals surface area contributed by atoms with Gasteiger partial charge in [-0.2, -0.15) is 0 Å². The zero-order valence-electron chi connectivity index (χ0n) is 14.6. The van der Waals surface area contributed by atoms with Crippen LogP contribution >= 0.6 is 31.9 Å². The molecule has 0 N–H and O–H groups in total. The van der Waals surface area contributed by atoms with E-state index in [0.29, 0.717) is 32.9 Å². The average Bonchev–Trinajstić information content (AvgIpc) is 3.28. The Labute approximate surface area is 173 Å². The number of hydrogen-bond acceptors (Lipinski definition) is 4. The van der Waals surface area contributed by atoms with Crippen molar-refractivity contribution < 1.29 is 18.4 Å². The van der Waals surface area contributed by atoms with Crippen molar-refractivity contribution in [2.24, 2.45) is 0 Å². The molecule has 6 nitrogen and oxygen atoms in total. The maximum Gasteiger partial charge on any atom is 0.293 e. The lowest BCUT2D eigenvalue weighted by Gasteiger charge is -2.22. The molecule has 0 spiro atoms. The second kappa shape index (κ2) is 8.14. The van der Waals surface area contributed by atoms with Crippen molar-refractivity contribution in [1.82, 2.24) is 4.90 Å². The Bertz CT molecular complexity index is 980. The summed E-state index contributed by atoms with van der Waals surface area (Å²) >= 11 is 6.43. The monoisotopic (exact) mass is 494 g/mol. The topological polar surface area (TPSA) is 66.9 Å². The molecule has 27 heavy (non-hydrogen) atoms. The van der Waals surface area contributed by atoms with Gasteiger partial charge in [0.1, 0.15) is 5.76 Å². The van der Waals surface area contributed by atoms with Crippen LogP contribution in [-0.4, -0.2) is 30.8 Å². The van der Waals surface area contributed by atoms with Gasteiger partial charge in [-0.1, -0.05) is 12.1 Å². The van der Waals surface area contributed by atoms with Gasteiger partial charge in [0, 0.05) is 14.1 Å². The molecule has 0 aliphatic rings. The molecule has 0 radical (unpaired) electrons. The van der Waals surface area contributed by atoms with E-state index < -0.39 is 0 Å². The number of nitrogens with zero attached hydrogens (tertiary/aromatic N) is 2. The minimum Gasteiger partial charge on any atom is -0.452 e. The molecule has 3 aromatic rings. The minimum absolute atomic E-state index is 0.181. The predicted molar refractivity (Wildman–Crippen MR) is 108 cm³/mol. The molecule has 0 fully saturated rings. The quantitative estimate of drug-likeness (QED) is 0.502. The summed E-state index contributed by atoms with van der Waals surface area (Å²) in [5, 5.41) is 0. The van der Waals surface area contributed by atoms with Gasteiger partial charge in [-0.05, 0) is 68.3 Å². The van der Waals surface area contributed by atoms with Gasteiger partial charge in [0.25, 0.3) is 11.8 Å². The number of benzene rings is 1. The maximum absolute atomic E-state index is 12.9. The summed E-state index contributed by atoms with van der Waals surface area (Å²) in [6, 6.07) is 13.7. The van der Waals surface area contributed by atoms with Gasteiger partial charge < -0.3 is 18.6 Å². The summed E-state index contributed by atoms with van der Waals surface area (Å²) in [5.74, 6) is 0.262. The van der Waals surface area contributed by atoms with Crippen LogP contribution < -0.4 is 4.90 Å². The van der Waals surface area contributed by atoms with Crippen molar-refractivity contribution in [2.45, 2.75) is 6.54 Å². The van der Waals surface area contributed by atoms with E-state index in [1.165, 1.54) is 9.80 Å². The molecule has 0 bridgehead atoms. The van der Waals surface area contributed by atoms with E-state index >= 15 is 0 Å². The second-order valence-electron chi connectivity index (χ2n) is 5.85. The van der Waals surface area contributed by atoms with Gasteiger partial charge in [0.15, 0.2) is 15.1 Å². The van der Waals surface area contributed by atoms with Crippen LogP contribution in [0.1, 0.15) is 26.7 Å². The molecule has 1 aromatic carbocycles. The first-order valence-electron chi connectivity index (χ1n) is 7.99. The molecule has 0 saturated heterocycles. The lowest BCUT2D eigenvalue weighted by Crippen LogP contribution is -2.31. The van der Waals surface area contributed by atoms with Crippen molar-refractivity contribution in [3.63, 3.8) is 0 Å². The number of carbonyl (C=O) groups is 2. The first kappa shape index (κ1) is 19.4. The predicted octanol–water partition coefficient (Wildman–Crippen LogP) is 4.95. The van der Waals surface area contributed by atoms with Crippen LogP contribution in [0.3, 0.4) is 0 Å². The summed E-state index contributed by atoms with van der Waals surface area (Å²) in [5.41, 5.74) is 0.902. The third-order valence-electron chi connectivity index (χ3n) is 3.95. The molecule has 0 atom stereocenters. The Kier molecular flexibility index (Phi) is 5.86. The molecule has 0 aliphatic carbocycles. The van der Waals surface area contributed by atoms with Crippen molar-refractivity contribution in [2.75, 3.05) is 19.0 Å². The first-order valence-corrected chi connectivity index (χ1v) is 9.57. The molecule has 8 heteroatoms. The van der Waals surface area contributed by atoms with Crippen LogP contribution in [0.15, 0.2) is 66.7 Å². The largest absolute Gasteiger partial charge is 0.452 e. The van der Waals surface area contributed by atoms with E-state index in [1.54, 1.807) is 62.6 Å². The van der Waals surface area contributed by atoms with E-state index in [0.717, 1.165) is 0 Å². The van der Waals surface area contributed by atoms with Gasteiger partial charge in [0.05, 0.1) is 17.8 Å². The molecule has 2 heterocycles. The standard InChI is InChI=1S/C19H16Br2N2O4/c1-22(11-12-7-9-16(20)26-12)18(24)13-5-3-4-6-14(13)23(2)19(25)15-8-10-17(21)27-15/h3-10H,11H2,1-2H3. The molecular weight excluding hydrogens is 480 g/mol. The fourth-order valence-corrected chi connectivity index (χ4v) is 3.25. The third-order valence-corrected chi connectivity index (χ3v) is 4.81. The summed E-state index contributed by atoms with van der Waals surface area (Å²) < 4.78 is 11.9. The van der Waals surface area contributed by atoms with Crippen LogP contribution in [-0.2, 0) is 6.54 Å². The van der Waals surface area contributed by atoms with E-state index in [4.69, 9.17) is 8.83 Å². The second-order valence-corrected chi connectivity index (χ2v) is 7.42. The van der Waals surface area contributed by atoms with Crippen LogP contribution in [0.25, 0.3) is 0 Å². The van der Waals surface area contributed by atoms with E-state index in [-0.39, 0.29) is 17.6 Å². The van der Waals surface area contributed by atoms with Gasteiger partial charge >= 0.3 is 0 Å². The summed E-state index contributed by atoms with van der Waals surface area (Å²) in [6.45, 7) is 0.307. The molecule has 2 amide bonds. The van der Waals surface area contributed by atoms with E-state index in [2.05, 4.69) is 31.9 Å². The summed E-state index contributed by atoms with van der Waals surface area (Å²) in [7, 11) is 3.29. The number of furan rings is 2. The zero-order valence-corrected chi connectivity index (χ0v) is 17.8. The van der Waals surface area contributed by atoms with Crippen LogP contribution in [0.2, 0.25) is 0 Å². The molecule has 140 valence electrons. The fraction of sp³-hybridized carbons (Fsp3) is 0.158. The van der Waals surface area contributed by atoms with Crippen LogP contribution in [0, 0.1) is 0 Å². The van der Waals surface area contributed by atoms with Crippen molar-refractivity contribution in [3.05, 3.63) is 75.0 Å². The highest BCUT2D eigenvalue weighted by atomic mass is 79.9. The maximum atomic E-state index is 12.9. The Morgan fingerprint density at radius 1 is 0.889 bits per heavy atom. The molecule has 0 unspecified atom stereocenters. The smallest absolute Gasteiger partial charge is 0.293 e. The van der Waals surface area contributed by atoms with Crippen LogP contribution in [0.4, 0.5) is 5.69 Å². The number of rotatable bonds is 5. The number of hydrogen-bond donors (Lipinski definition) is 0. The number of para-hydroxylation sites is 1. The average molecular weight is 496 g/mol. The molecule has 0 aliphatic heterocycles. The highest BCUT2D eigenvalue weighted by molar-refractivity contribution is 9.10. The lowest BCUT2D eigenvalue weighted by atomic mass is 10.1. The van der Waals surface area contributed by atoms with E-state index in [1.807, 2.05) is 0 Å². The Hall–Kier alpha value is -2.32. The van der Waals surface area contributed by atoms with Crippen molar-refractivity contribution >= 4 is 49.4 Å². The van der Waals surface area contributed by atoms with Gasteiger partial charge in [-0.15, -0.1) is 0 Å². The number of carbonyl (C=O) groups excluding carboxylic acids is 2. The Morgan fingerprint density at radius 2 is 1.56 bits per heavy atom. The van der Waals surface area contributed by atoms with Crippen molar-refractivity contribution in [3.8, 4) is 0 Å². The highest BCUT2D eigenvalue weighted by Crippen LogP contribution is 2.25. The molecule has 0 saturated carbocycles. The van der Waals surface area contributed by atoms with E-state index in [9.17, 15) is 9.59 Å². The third kappa shape index (κ3) is 4.33. The first-order chi connectivity index (χ1) is 12.9. The summed E-state index contributed by atoms with van der Waals surface area (Å²) in [6.07, 6.45) is 0. The SMILES string of the molecule is CN(Cc1ccc(Br)o1)C(=O)c1ccccc1N(C)C(=O)c1ccc(Br)o1. The van der Waals surface area contributed by atoms with Gasteiger partial charge in [-0.3, -0.25) is 9.59 Å². The highest BCUT2D eigenvalue weighted by Gasteiger charge is 2.23. The summed E-state index contributed by atoms with van der Waals surface area (Å²) in [4.78, 5) is 28.5. The Balaban J connectivity index is 1.84. The Morgan fingerprint density at radius 3 is 2.19 bits per heavy atom.